The van der Waals surface area contributed by atoms with Gasteiger partial charge in [0.2, 0.25) is 5.95 Å². The molecule has 8 nitrogen and oxygen atoms in total. The lowest BCUT2D eigenvalue weighted by molar-refractivity contribution is 0.252. The number of urea groups is 1. The Morgan fingerprint density at radius 1 is 1.10 bits per heavy atom. The molecule has 2 amide bonds. The Kier molecular flexibility index (Phi) is 4.66. The standard InChI is InChI=1S/C22H22N6O2/c1-30-19-6-4-17(5-7-19)27-14-16-13-25-21(24-12-15-2-3-15)26-20(16)28(22(27)29)18-8-10-23-11-9-18/h4-11,13,15H,2-3,12,14H2,1H3,(H,24,25,26). The minimum absolute atomic E-state index is 0.175. The molecule has 1 fully saturated rings. The molecule has 1 aliphatic heterocycles. The van der Waals surface area contributed by atoms with Crippen molar-refractivity contribution in [3.8, 4) is 5.75 Å². The highest BCUT2D eigenvalue weighted by Gasteiger charge is 2.34. The minimum Gasteiger partial charge on any atom is -0.497 e. The maximum atomic E-state index is 13.6. The lowest BCUT2D eigenvalue weighted by Gasteiger charge is -2.36. The lowest BCUT2D eigenvalue weighted by Crippen LogP contribution is -2.45. The molecule has 152 valence electrons. The number of carbonyl (C=O) groups excluding carboxylic acids is 1. The predicted molar refractivity (Wildman–Crippen MR) is 114 cm³/mol. The third-order valence-electron chi connectivity index (χ3n) is 5.35. The second kappa shape index (κ2) is 7.62. The van der Waals surface area contributed by atoms with E-state index in [-0.39, 0.29) is 6.03 Å². The molecule has 1 saturated carbocycles. The number of aromatic nitrogens is 3. The first-order chi connectivity index (χ1) is 14.7. The molecule has 0 spiro atoms. The molecule has 2 aromatic heterocycles. The number of hydrogen-bond donors (Lipinski definition) is 1. The van der Waals surface area contributed by atoms with Crippen molar-refractivity contribution in [1.29, 1.82) is 0 Å². The topological polar surface area (TPSA) is 83.5 Å². The summed E-state index contributed by atoms with van der Waals surface area (Å²) in [5, 5.41) is 3.30. The van der Waals surface area contributed by atoms with Gasteiger partial charge in [0.1, 0.15) is 5.75 Å². The van der Waals surface area contributed by atoms with Crippen molar-refractivity contribution in [1.82, 2.24) is 15.0 Å². The van der Waals surface area contributed by atoms with E-state index < -0.39 is 0 Å². The fourth-order valence-electron chi connectivity index (χ4n) is 3.48. The molecule has 1 N–H and O–H groups in total. The van der Waals surface area contributed by atoms with Crippen LogP contribution in [0.5, 0.6) is 5.75 Å². The zero-order valence-corrected chi connectivity index (χ0v) is 16.7. The first kappa shape index (κ1) is 18.4. The number of pyridine rings is 1. The minimum atomic E-state index is -0.175. The maximum absolute atomic E-state index is 13.6. The van der Waals surface area contributed by atoms with Crippen LogP contribution in [0.1, 0.15) is 18.4 Å². The van der Waals surface area contributed by atoms with Gasteiger partial charge < -0.3 is 10.1 Å². The number of nitrogens with one attached hydrogen (secondary N) is 1. The van der Waals surface area contributed by atoms with Crippen molar-refractivity contribution in [2.45, 2.75) is 19.4 Å². The van der Waals surface area contributed by atoms with Gasteiger partial charge in [0.25, 0.3) is 0 Å². The number of anilines is 4. The van der Waals surface area contributed by atoms with Crippen LogP contribution < -0.4 is 19.9 Å². The van der Waals surface area contributed by atoms with Crippen LogP contribution in [0.25, 0.3) is 0 Å². The first-order valence-electron chi connectivity index (χ1n) is 9.98. The molecule has 0 saturated heterocycles. The summed E-state index contributed by atoms with van der Waals surface area (Å²) in [5.74, 6) is 2.59. The van der Waals surface area contributed by atoms with Gasteiger partial charge in [-0.1, -0.05) is 0 Å². The number of ether oxygens (including phenoxy) is 1. The summed E-state index contributed by atoms with van der Waals surface area (Å²) in [4.78, 5) is 30.1. The van der Waals surface area contributed by atoms with Crippen molar-refractivity contribution >= 4 is 29.2 Å². The summed E-state index contributed by atoms with van der Waals surface area (Å²) >= 11 is 0. The summed E-state index contributed by atoms with van der Waals surface area (Å²) < 4.78 is 5.24. The molecule has 0 radical (unpaired) electrons. The summed E-state index contributed by atoms with van der Waals surface area (Å²) in [6, 6.07) is 10.9. The Balaban J connectivity index is 1.53. The van der Waals surface area contributed by atoms with E-state index in [1.165, 1.54) is 12.8 Å². The van der Waals surface area contributed by atoms with Crippen LogP contribution in [-0.4, -0.2) is 34.6 Å². The molecule has 0 bridgehead atoms. The summed E-state index contributed by atoms with van der Waals surface area (Å²) in [5.41, 5.74) is 2.36. The van der Waals surface area contributed by atoms with Gasteiger partial charge in [-0.2, -0.15) is 4.98 Å². The van der Waals surface area contributed by atoms with Crippen molar-refractivity contribution in [2.75, 3.05) is 28.8 Å². The quantitative estimate of drug-likeness (QED) is 0.671. The molecule has 0 unspecified atom stereocenters. The number of carbonyl (C=O) groups is 1. The van der Waals surface area contributed by atoms with Gasteiger partial charge in [0, 0.05) is 36.4 Å². The van der Waals surface area contributed by atoms with E-state index in [4.69, 9.17) is 9.72 Å². The normalized spacial score (nSPS) is 15.7. The number of benzene rings is 1. The molecule has 1 aliphatic carbocycles. The molecule has 30 heavy (non-hydrogen) atoms. The van der Waals surface area contributed by atoms with Crippen LogP contribution in [0.4, 0.5) is 27.9 Å². The molecule has 0 atom stereocenters. The fourth-order valence-corrected chi connectivity index (χ4v) is 3.48. The Bertz CT molecular complexity index is 1050. The Labute approximate surface area is 174 Å². The van der Waals surface area contributed by atoms with Gasteiger partial charge in [0.05, 0.1) is 19.3 Å². The average Bonchev–Trinajstić information content (AvgIpc) is 3.62. The van der Waals surface area contributed by atoms with Gasteiger partial charge in [-0.05, 0) is 55.2 Å². The number of nitrogens with zero attached hydrogens (tertiary/aromatic N) is 5. The highest BCUT2D eigenvalue weighted by molar-refractivity contribution is 6.10. The van der Waals surface area contributed by atoms with E-state index >= 15 is 0 Å². The van der Waals surface area contributed by atoms with Crippen LogP contribution in [0.15, 0.2) is 55.0 Å². The zero-order chi connectivity index (χ0) is 20.5. The van der Waals surface area contributed by atoms with Gasteiger partial charge in [-0.3, -0.25) is 9.88 Å². The van der Waals surface area contributed by atoms with Crippen molar-refractivity contribution < 1.29 is 9.53 Å². The number of methoxy groups -OCH3 is 1. The number of rotatable bonds is 6. The van der Waals surface area contributed by atoms with Gasteiger partial charge >= 0.3 is 6.03 Å². The smallest absolute Gasteiger partial charge is 0.335 e. The van der Waals surface area contributed by atoms with Gasteiger partial charge in [0.15, 0.2) is 5.82 Å². The van der Waals surface area contributed by atoms with Crippen LogP contribution in [0.3, 0.4) is 0 Å². The first-order valence-corrected chi connectivity index (χ1v) is 9.98. The van der Waals surface area contributed by atoms with Gasteiger partial charge in [-0.25, -0.2) is 14.7 Å². The molecule has 3 aromatic rings. The average molecular weight is 402 g/mol. The molecular weight excluding hydrogens is 380 g/mol. The molecule has 8 heteroatoms. The van der Waals surface area contributed by atoms with Crippen molar-refractivity contribution in [2.24, 2.45) is 5.92 Å². The van der Waals surface area contributed by atoms with E-state index in [2.05, 4.69) is 15.3 Å². The van der Waals surface area contributed by atoms with E-state index in [1.54, 1.807) is 47.6 Å². The fraction of sp³-hybridized carbons (Fsp3) is 0.273. The zero-order valence-electron chi connectivity index (χ0n) is 16.7. The predicted octanol–water partition coefficient (Wildman–Crippen LogP) is 3.98. The van der Waals surface area contributed by atoms with Crippen LogP contribution >= 0.6 is 0 Å². The lowest BCUT2D eigenvalue weighted by atomic mass is 10.1. The van der Waals surface area contributed by atoms with E-state index in [0.29, 0.717) is 29.9 Å². The van der Waals surface area contributed by atoms with Crippen LogP contribution in [0.2, 0.25) is 0 Å². The highest BCUT2D eigenvalue weighted by atomic mass is 16.5. The maximum Gasteiger partial charge on any atom is 0.335 e. The molecular formula is C22H22N6O2. The molecule has 3 heterocycles. The summed E-state index contributed by atoms with van der Waals surface area (Å²) in [6.07, 6.45) is 7.63. The van der Waals surface area contributed by atoms with E-state index in [1.807, 2.05) is 24.3 Å². The SMILES string of the molecule is COc1ccc(N2Cc3cnc(NCC4CC4)nc3N(c3ccncc3)C2=O)cc1. The number of hydrogen-bond acceptors (Lipinski definition) is 6. The summed E-state index contributed by atoms with van der Waals surface area (Å²) in [7, 11) is 1.62. The third-order valence-corrected chi connectivity index (χ3v) is 5.35. The van der Waals surface area contributed by atoms with Crippen molar-refractivity contribution in [3.05, 3.63) is 60.6 Å². The second-order valence-corrected chi connectivity index (χ2v) is 7.47. The Morgan fingerprint density at radius 2 is 1.87 bits per heavy atom. The van der Waals surface area contributed by atoms with E-state index in [0.717, 1.165) is 23.5 Å². The van der Waals surface area contributed by atoms with Crippen molar-refractivity contribution in [3.63, 3.8) is 0 Å². The van der Waals surface area contributed by atoms with E-state index in [9.17, 15) is 4.79 Å². The van der Waals surface area contributed by atoms with Crippen LogP contribution in [0, 0.1) is 5.92 Å². The molecule has 5 rings (SSSR count). The summed E-state index contributed by atoms with van der Waals surface area (Å²) in [6.45, 7) is 1.25. The third kappa shape index (κ3) is 3.52. The Hall–Kier alpha value is -3.68. The highest BCUT2D eigenvalue weighted by Crippen LogP contribution is 2.36. The molecule has 1 aromatic carbocycles. The molecule has 2 aliphatic rings. The van der Waals surface area contributed by atoms with Crippen LogP contribution in [-0.2, 0) is 6.54 Å². The Morgan fingerprint density at radius 3 is 2.57 bits per heavy atom. The van der Waals surface area contributed by atoms with Gasteiger partial charge in [-0.15, -0.1) is 0 Å². The monoisotopic (exact) mass is 402 g/mol. The number of amides is 2. The number of fused-ring (bicyclic) bond motifs is 1. The largest absolute Gasteiger partial charge is 0.497 e. The second-order valence-electron chi connectivity index (χ2n) is 7.47.